The predicted molar refractivity (Wildman–Crippen MR) is 253 cm³/mol. The minimum absolute atomic E-state index is 0.0817. The van der Waals surface area contributed by atoms with Gasteiger partial charge >= 0.3 is 0 Å². The lowest BCUT2D eigenvalue weighted by Gasteiger charge is -2.51. The van der Waals surface area contributed by atoms with E-state index in [0.29, 0.717) is 12.4 Å². The van der Waals surface area contributed by atoms with Crippen LogP contribution in [0.3, 0.4) is 0 Å². The van der Waals surface area contributed by atoms with Crippen molar-refractivity contribution in [3.63, 3.8) is 0 Å². The fourth-order valence-corrected chi connectivity index (χ4v) is 9.21. The second-order valence-corrected chi connectivity index (χ2v) is 18.7. The zero-order chi connectivity index (χ0) is 54.2. The van der Waals surface area contributed by atoms with Gasteiger partial charge in [0.2, 0.25) is 17.7 Å². The molecule has 20 atom stereocenters. The Balaban J connectivity index is 1.32. The Kier molecular flexibility index (Phi) is 24.2. The Hall–Kier alpha value is -4.04. The van der Waals surface area contributed by atoms with Crippen LogP contribution in [0.25, 0.3) is 0 Å². The molecule has 0 bridgehead atoms. The third-order valence-corrected chi connectivity index (χ3v) is 13.0. The molecule has 26 nitrogen and oxygen atoms in total. The van der Waals surface area contributed by atoms with E-state index in [0.717, 1.165) is 46.5 Å². The summed E-state index contributed by atoms with van der Waals surface area (Å²) in [5.41, 5.74) is 0.0817. The number of aliphatic hydroxyl groups excluding tert-OH is 10. The maximum atomic E-state index is 13.8. The molecule has 5 rings (SSSR count). The SMILES string of the molecule is CCCCCCC=CCCCOc1cccc(C(=O)NC2[C@H](O[C@H]3C(O)C(NC(C)=O)[C@H](O[C@@H]4C(CO)O[C@@H](O[C@H]5C(O)C(NC(C)=O)[C@H](O)O[C@H]5CO)C(NC(C)=O)[C@H]4O)O[C@H]3CO)OC(CO)[C@@H](O)[C@@H]2O)c1. The molecule has 0 radical (unpaired) electrons. The molecule has 4 heterocycles. The molecule has 26 heteroatoms. The van der Waals surface area contributed by atoms with Crippen LogP contribution in [0, 0.1) is 0 Å². The van der Waals surface area contributed by atoms with Gasteiger partial charge in [-0.1, -0.05) is 44.4 Å². The second kappa shape index (κ2) is 29.5. The number of hydrogen-bond donors (Lipinski definition) is 14. The fourth-order valence-electron chi connectivity index (χ4n) is 9.21. The molecule has 0 saturated carbocycles. The van der Waals surface area contributed by atoms with Crippen molar-refractivity contribution in [1.29, 1.82) is 0 Å². The van der Waals surface area contributed by atoms with Gasteiger partial charge in [0.25, 0.3) is 5.91 Å². The summed E-state index contributed by atoms with van der Waals surface area (Å²) < 4.78 is 47.4. The Bertz CT molecular complexity index is 1960. The predicted octanol–water partition coefficient (Wildman–Crippen LogP) is -4.19. The van der Waals surface area contributed by atoms with Crippen LogP contribution < -0.4 is 26.0 Å². The first kappa shape index (κ1) is 60.8. The summed E-state index contributed by atoms with van der Waals surface area (Å²) in [6.07, 6.45) is -16.1. The highest BCUT2D eigenvalue weighted by Crippen LogP contribution is 2.35. The molecule has 4 fully saturated rings. The molecule has 4 amide bonds. The molecule has 14 N–H and O–H groups in total. The molecule has 0 aliphatic carbocycles. The molecule has 1 aromatic carbocycles. The zero-order valence-electron chi connectivity index (χ0n) is 41.9. The highest BCUT2D eigenvalue weighted by atomic mass is 16.8. The molecule has 0 aromatic heterocycles. The van der Waals surface area contributed by atoms with Gasteiger partial charge in [-0.3, -0.25) is 19.2 Å². The Morgan fingerprint density at radius 3 is 1.47 bits per heavy atom. The third-order valence-electron chi connectivity index (χ3n) is 13.0. The van der Waals surface area contributed by atoms with Gasteiger partial charge in [-0.05, 0) is 43.9 Å². The highest BCUT2D eigenvalue weighted by molar-refractivity contribution is 5.94. The van der Waals surface area contributed by atoms with Crippen molar-refractivity contribution in [2.24, 2.45) is 0 Å². The first-order chi connectivity index (χ1) is 35.4. The number of allylic oxidation sites excluding steroid dienone is 2. The van der Waals surface area contributed by atoms with E-state index in [1.165, 1.54) is 31.4 Å². The summed E-state index contributed by atoms with van der Waals surface area (Å²) in [6.45, 7) is 2.23. The topological polar surface area (TPSA) is 393 Å². The summed E-state index contributed by atoms with van der Waals surface area (Å²) in [6, 6.07) is -0.191. The lowest BCUT2D eigenvalue weighted by atomic mass is 9.93. The van der Waals surface area contributed by atoms with Crippen LogP contribution in [0.1, 0.15) is 83.0 Å². The first-order valence-electron chi connectivity index (χ1n) is 25.0. The monoisotopic (exact) mass is 1060 g/mol. The van der Waals surface area contributed by atoms with Crippen molar-refractivity contribution in [3.05, 3.63) is 42.0 Å². The van der Waals surface area contributed by atoms with Crippen LogP contribution in [-0.2, 0) is 47.5 Å². The molecular weight excluding hydrogens is 985 g/mol. The molecule has 4 saturated heterocycles. The van der Waals surface area contributed by atoms with E-state index in [2.05, 4.69) is 40.3 Å². The van der Waals surface area contributed by atoms with Crippen molar-refractivity contribution in [2.45, 2.75) is 195 Å². The molecule has 0 spiro atoms. The number of amides is 4. The number of aliphatic hydroxyl groups is 10. The maximum Gasteiger partial charge on any atom is 0.251 e. The summed E-state index contributed by atoms with van der Waals surface area (Å²) in [5, 5.41) is 119. The van der Waals surface area contributed by atoms with Crippen LogP contribution in [0.2, 0.25) is 0 Å². The van der Waals surface area contributed by atoms with E-state index in [1.807, 2.05) is 0 Å². The lowest BCUT2D eigenvalue weighted by Crippen LogP contribution is -2.71. The van der Waals surface area contributed by atoms with E-state index < -0.39 is 173 Å². The van der Waals surface area contributed by atoms with Crippen LogP contribution in [0.5, 0.6) is 5.75 Å². The Morgan fingerprint density at radius 1 is 0.541 bits per heavy atom. The molecule has 8 unspecified atom stereocenters. The average Bonchev–Trinajstić information content (AvgIpc) is 3.36. The van der Waals surface area contributed by atoms with Gasteiger partial charge in [-0.2, -0.15) is 0 Å². The fraction of sp³-hybridized carbons (Fsp3) is 0.750. The van der Waals surface area contributed by atoms with Crippen molar-refractivity contribution in [2.75, 3.05) is 33.0 Å². The van der Waals surface area contributed by atoms with Crippen LogP contribution in [0.15, 0.2) is 36.4 Å². The summed E-state index contributed by atoms with van der Waals surface area (Å²) in [4.78, 5) is 50.9. The smallest absolute Gasteiger partial charge is 0.251 e. The molecule has 74 heavy (non-hydrogen) atoms. The van der Waals surface area contributed by atoms with E-state index in [9.17, 15) is 70.2 Å². The number of carbonyl (C=O) groups excluding carboxylic acids is 4. The summed E-state index contributed by atoms with van der Waals surface area (Å²) in [7, 11) is 0. The van der Waals surface area contributed by atoms with Crippen molar-refractivity contribution in [3.8, 4) is 5.75 Å². The average molecular weight is 1060 g/mol. The normalized spacial score (nSPS) is 36.5. The zero-order valence-corrected chi connectivity index (χ0v) is 41.9. The molecule has 4 aliphatic heterocycles. The largest absolute Gasteiger partial charge is 0.494 e. The summed E-state index contributed by atoms with van der Waals surface area (Å²) >= 11 is 0. The van der Waals surface area contributed by atoms with E-state index in [1.54, 1.807) is 12.1 Å². The molecule has 4 aliphatic rings. The summed E-state index contributed by atoms with van der Waals surface area (Å²) in [5.74, 6) is -2.58. The Morgan fingerprint density at radius 2 is 0.986 bits per heavy atom. The minimum atomic E-state index is -1.94. The number of rotatable bonds is 25. The number of benzene rings is 1. The molecule has 1 aromatic rings. The molecular formula is C48H76N4O22. The lowest BCUT2D eigenvalue weighted by molar-refractivity contribution is -0.361. The first-order valence-corrected chi connectivity index (χ1v) is 25.0. The maximum absolute atomic E-state index is 13.8. The number of ether oxygens (including phenoxy) is 8. The van der Waals surface area contributed by atoms with Crippen LogP contribution >= 0.6 is 0 Å². The van der Waals surface area contributed by atoms with Gasteiger partial charge in [-0.25, -0.2) is 0 Å². The standard InChI is InChI=1S/C48H76N4O22/c1-5-6-7-8-9-10-11-12-13-17-67-27-16-14-15-26(18-27)44(65)52-33-37(61)36(60)28(19-53)69-46(33)73-42-30(21-55)71-48(35(39(42)63)51-25(4)59)74-43-31(22-56)70-47(34(40(43)64)50-24(3)58)72-41-29(20-54)68-45(66)32(38(41)62)49-23(2)57/h10-11,14-16,18,28-43,45-48,53-56,60-64,66H,5-9,12-13,17,19-22H2,1-4H3,(H,49,57)(H,50,58)(H,51,59)(H,52,65)/t28?,29-,30-,31?,32?,33?,34?,35?,36+,37+,38?,39?,40+,41+,42+,43+,45+,46-,47-,48-/m0/s1. The minimum Gasteiger partial charge on any atom is -0.494 e. The van der Waals surface area contributed by atoms with E-state index in [-0.39, 0.29) is 5.56 Å². The Labute approximate surface area is 428 Å². The molecule has 420 valence electrons. The third kappa shape index (κ3) is 16.0. The number of nitrogens with one attached hydrogen (secondary N) is 4. The van der Waals surface area contributed by atoms with Gasteiger partial charge in [0.1, 0.15) is 103 Å². The van der Waals surface area contributed by atoms with E-state index >= 15 is 0 Å². The highest BCUT2D eigenvalue weighted by Gasteiger charge is 2.56. The number of unbranched alkanes of at least 4 members (excludes halogenated alkanes) is 5. The van der Waals surface area contributed by atoms with E-state index in [4.69, 9.17) is 37.9 Å². The van der Waals surface area contributed by atoms with Gasteiger partial charge in [0, 0.05) is 26.3 Å². The van der Waals surface area contributed by atoms with Crippen LogP contribution in [0.4, 0.5) is 0 Å². The number of hydrogen-bond acceptors (Lipinski definition) is 22. The number of carbonyl (C=O) groups is 4. The van der Waals surface area contributed by atoms with Gasteiger partial charge in [0.05, 0.1) is 33.0 Å². The quantitative estimate of drug-likeness (QED) is 0.0326. The van der Waals surface area contributed by atoms with Gasteiger partial charge in [0.15, 0.2) is 25.2 Å². The van der Waals surface area contributed by atoms with Crippen molar-refractivity contribution >= 4 is 23.6 Å². The second-order valence-electron chi connectivity index (χ2n) is 18.7. The van der Waals surface area contributed by atoms with Gasteiger partial charge in [-0.15, -0.1) is 0 Å². The van der Waals surface area contributed by atoms with Gasteiger partial charge < -0.3 is 110 Å². The van der Waals surface area contributed by atoms with Crippen molar-refractivity contribution < 1.29 is 108 Å². The van der Waals surface area contributed by atoms with Crippen LogP contribution in [-0.4, -0.2) is 230 Å². The van der Waals surface area contributed by atoms with Crippen molar-refractivity contribution in [1.82, 2.24) is 21.3 Å².